The summed E-state index contributed by atoms with van der Waals surface area (Å²) < 4.78 is 24.7. The molecule has 2 aliphatic heterocycles. The molecule has 0 unspecified atom stereocenters. The zero-order chi connectivity index (χ0) is 26.9. The monoisotopic (exact) mass is 531 g/mol. The lowest BCUT2D eigenvalue weighted by molar-refractivity contribution is 0.173. The van der Waals surface area contributed by atoms with Gasteiger partial charge in [0.1, 0.15) is 5.82 Å². The Kier molecular flexibility index (Phi) is 6.34. The molecule has 7 nitrogen and oxygen atoms in total. The predicted molar refractivity (Wildman–Crippen MR) is 152 cm³/mol. The number of nitrogens with zero attached hydrogens (tertiary/aromatic N) is 3. The fraction of sp³-hybridized carbons (Fsp3) is 0.182. The summed E-state index contributed by atoms with van der Waals surface area (Å²) in [6, 6.07) is 33.1. The second kappa shape index (κ2) is 10.4. The normalized spacial score (nSPS) is 13.2. The highest BCUT2D eigenvalue weighted by molar-refractivity contribution is 5.68. The molecular formula is C33H29N3O4. The van der Waals surface area contributed by atoms with Gasteiger partial charge in [-0.05, 0) is 35.4 Å². The molecule has 0 saturated heterocycles. The lowest BCUT2D eigenvalue weighted by atomic mass is 10.1. The molecule has 0 fully saturated rings. The van der Waals surface area contributed by atoms with Crippen molar-refractivity contribution in [3.05, 3.63) is 114 Å². The van der Waals surface area contributed by atoms with Gasteiger partial charge >= 0.3 is 0 Å². The predicted octanol–water partition coefficient (Wildman–Crippen LogP) is 6.41. The van der Waals surface area contributed by atoms with Gasteiger partial charge in [-0.1, -0.05) is 72.8 Å². The fourth-order valence-corrected chi connectivity index (χ4v) is 5.36. The molecule has 3 heterocycles. The molecule has 0 spiro atoms. The van der Waals surface area contributed by atoms with Crippen molar-refractivity contribution >= 4 is 0 Å². The van der Waals surface area contributed by atoms with Gasteiger partial charge in [0.2, 0.25) is 13.6 Å². The summed E-state index contributed by atoms with van der Waals surface area (Å²) in [4.78, 5) is 7.60. The van der Waals surface area contributed by atoms with Crippen molar-refractivity contribution in [1.82, 2.24) is 14.5 Å². The van der Waals surface area contributed by atoms with Crippen LogP contribution in [0.5, 0.6) is 23.0 Å². The molecule has 0 amide bonds. The van der Waals surface area contributed by atoms with E-state index in [4.69, 9.17) is 23.9 Å². The first-order valence-corrected chi connectivity index (χ1v) is 13.4. The molecule has 200 valence electrons. The van der Waals surface area contributed by atoms with Crippen molar-refractivity contribution in [1.29, 1.82) is 0 Å². The van der Waals surface area contributed by atoms with Gasteiger partial charge < -0.3 is 23.5 Å². The highest BCUT2D eigenvalue weighted by Crippen LogP contribution is 2.36. The Balaban J connectivity index is 1.27. The van der Waals surface area contributed by atoms with Gasteiger partial charge in [-0.25, -0.2) is 4.98 Å². The molecule has 0 N–H and O–H groups in total. The van der Waals surface area contributed by atoms with E-state index >= 15 is 0 Å². The lowest BCUT2D eigenvalue weighted by Gasteiger charge is -2.24. The summed E-state index contributed by atoms with van der Waals surface area (Å²) in [5.41, 5.74) is 6.62. The van der Waals surface area contributed by atoms with Crippen LogP contribution in [0.3, 0.4) is 0 Å². The molecule has 0 saturated carbocycles. The molecule has 0 radical (unpaired) electrons. The van der Waals surface area contributed by atoms with Crippen LogP contribution >= 0.6 is 0 Å². The van der Waals surface area contributed by atoms with E-state index in [0.29, 0.717) is 19.6 Å². The van der Waals surface area contributed by atoms with Gasteiger partial charge in [0.15, 0.2) is 23.0 Å². The molecule has 5 aromatic rings. The standard InChI is InChI=1S/C33H29N3O4/c1-35-27(32(25-8-4-2-5-9-25)34-33(35)26-10-6-3-7-11-26)20-36(18-23-12-14-28-30(16-23)39-21-37-28)19-24-13-15-29-31(17-24)40-22-38-29/h2-17H,18-22H2,1H3. The van der Waals surface area contributed by atoms with Crippen molar-refractivity contribution in [3.63, 3.8) is 0 Å². The molecule has 2 aliphatic rings. The maximum atomic E-state index is 5.67. The van der Waals surface area contributed by atoms with Gasteiger partial charge in [-0.3, -0.25) is 4.90 Å². The molecular weight excluding hydrogens is 502 g/mol. The summed E-state index contributed by atoms with van der Waals surface area (Å²) in [7, 11) is 2.11. The number of imidazole rings is 1. The van der Waals surface area contributed by atoms with Gasteiger partial charge in [0.25, 0.3) is 0 Å². The SMILES string of the molecule is Cn1c(-c2ccccc2)nc(-c2ccccc2)c1CN(Cc1ccc2c(c1)OCO2)Cc1ccc2c(c1)OCO2. The molecule has 7 rings (SSSR count). The van der Waals surface area contributed by atoms with Crippen molar-refractivity contribution < 1.29 is 18.9 Å². The largest absolute Gasteiger partial charge is 0.454 e. The minimum absolute atomic E-state index is 0.261. The Morgan fingerprint density at radius 1 is 0.625 bits per heavy atom. The van der Waals surface area contributed by atoms with Crippen LogP contribution < -0.4 is 18.9 Å². The number of hydrogen-bond donors (Lipinski definition) is 0. The molecule has 7 heteroatoms. The van der Waals surface area contributed by atoms with E-state index in [-0.39, 0.29) is 13.6 Å². The third-order valence-electron chi connectivity index (χ3n) is 7.35. The average molecular weight is 532 g/mol. The first kappa shape index (κ1) is 24.3. The Bertz CT molecular complexity index is 1590. The van der Waals surface area contributed by atoms with Crippen molar-refractivity contribution in [3.8, 4) is 45.6 Å². The lowest BCUT2D eigenvalue weighted by Crippen LogP contribution is -2.24. The molecule has 0 bridgehead atoms. The number of ether oxygens (including phenoxy) is 4. The van der Waals surface area contributed by atoms with E-state index in [2.05, 4.69) is 89.3 Å². The van der Waals surface area contributed by atoms with E-state index in [1.54, 1.807) is 0 Å². The van der Waals surface area contributed by atoms with E-state index < -0.39 is 0 Å². The van der Waals surface area contributed by atoms with Crippen molar-refractivity contribution in [2.45, 2.75) is 19.6 Å². The van der Waals surface area contributed by atoms with Crippen LogP contribution in [0.15, 0.2) is 97.1 Å². The first-order valence-electron chi connectivity index (χ1n) is 13.4. The minimum Gasteiger partial charge on any atom is -0.454 e. The smallest absolute Gasteiger partial charge is 0.231 e. The maximum Gasteiger partial charge on any atom is 0.231 e. The van der Waals surface area contributed by atoms with Gasteiger partial charge in [0, 0.05) is 37.8 Å². The minimum atomic E-state index is 0.261. The summed E-state index contributed by atoms with van der Waals surface area (Å²) in [6.45, 7) is 2.63. The van der Waals surface area contributed by atoms with E-state index in [1.165, 1.54) is 0 Å². The molecule has 4 aromatic carbocycles. The number of fused-ring (bicyclic) bond motifs is 2. The number of hydrogen-bond acceptors (Lipinski definition) is 6. The number of rotatable bonds is 8. The molecule has 40 heavy (non-hydrogen) atoms. The van der Waals surface area contributed by atoms with Crippen LogP contribution in [0.4, 0.5) is 0 Å². The summed E-state index contributed by atoms with van der Waals surface area (Å²) in [5, 5.41) is 0. The van der Waals surface area contributed by atoms with Crippen LogP contribution in [0.2, 0.25) is 0 Å². The molecule has 1 aromatic heterocycles. The summed E-state index contributed by atoms with van der Waals surface area (Å²) in [5.74, 6) is 4.10. The number of benzene rings is 4. The van der Waals surface area contributed by atoms with Crippen LogP contribution in [0, 0.1) is 0 Å². The van der Waals surface area contributed by atoms with Crippen LogP contribution in [0.1, 0.15) is 16.8 Å². The van der Waals surface area contributed by atoms with E-state index in [1.807, 2.05) is 24.3 Å². The second-order valence-corrected chi connectivity index (χ2v) is 10.0. The van der Waals surface area contributed by atoms with Gasteiger partial charge in [-0.2, -0.15) is 0 Å². The second-order valence-electron chi connectivity index (χ2n) is 10.0. The highest BCUT2D eigenvalue weighted by Gasteiger charge is 2.22. The zero-order valence-corrected chi connectivity index (χ0v) is 22.2. The van der Waals surface area contributed by atoms with Crippen LogP contribution in [0.25, 0.3) is 22.6 Å². The average Bonchev–Trinajstić information content (AvgIpc) is 3.73. The first-order chi connectivity index (χ1) is 19.7. The zero-order valence-electron chi connectivity index (χ0n) is 22.2. The Morgan fingerprint density at radius 3 is 1.73 bits per heavy atom. The van der Waals surface area contributed by atoms with Gasteiger partial charge in [0.05, 0.1) is 11.4 Å². The summed E-state index contributed by atoms with van der Waals surface area (Å²) in [6.07, 6.45) is 0. The summed E-state index contributed by atoms with van der Waals surface area (Å²) >= 11 is 0. The maximum absolute atomic E-state index is 5.67. The Hall–Kier alpha value is -4.75. The van der Waals surface area contributed by atoms with Crippen molar-refractivity contribution in [2.24, 2.45) is 7.05 Å². The molecule has 0 aliphatic carbocycles. The third-order valence-corrected chi connectivity index (χ3v) is 7.35. The van der Waals surface area contributed by atoms with Gasteiger partial charge in [-0.15, -0.1) is 0 Å². The Labute approximate surface area is 233 Å². The van der Waals surface area contributed by atoms with Crippen LogP contribution in [-0.4, -0.2) is 28.0 Å². The fourth-order valence-electron chi connectivity index (χ4n) is 5.36. The van der Waals surface area contributed by atoms with Crippen molar-refractivity contribution in [2.75, 3.05) is 13.6 Å². The topological polar surface area (TPSA) is 58.0 Å². The number of aromatic nitrogens is 2. The Morgan fingerprint density at radius 2 is 1.15 bits per heavy atom. The molecule has 0 atom stereocenters. The van der Waals surface area contributed by atoms with Crippen LogP contribution in [-0.2, 0) is 26.7 Å². The van der Waals surface area contributed by atoms with E-state index in [9.17, 15) is 0 Å². The third kappa shape index (κ3) is 4.76. The quantitative estimate of drug-likeness (QED) is 0.231. The van der Waals surface area contributed by atoms with E-state index in [0.717, 1.165) is 62.5 Å². The highest BCUT2D eigenvalue weighted by atomic mass is 16.7.